The molecule has 33 heavy (non-hydrogen) atoms. The Balaban J connectivity index is 1.63. The fourth-order valence-corrected chi connectivity index (χ4v) is 3.41. The van der Waals surface area contributed by atoms with Gasteiger partial charge in [0.05, 0.1) is 17.3 Å². The summed E-state index contributed by atoms with van der Waals surface area (Å²) in [6.45, 7) is 4.65. The van der Waals surface area contributed by atoms with E-state index < -0.39 is 11.8 Å². The summed E-state index contributed by atoms with van der Waals surface area (Å²) in [5, 5.41) is 6.40. The monoisotopic (exact) mass is 509 g/mol. The summed E-state index contributed by atoms with van der Waals surface area (Å²) in [7, 11) is 0. The van der Waals surface area contributed by atoms with Crippen LogP contribution in [-0.2, 0) is 16.2 Å². The maximum absolute atomic E-state index is 12.0. The van der Waals surface area contributed by atoms with E-state index in [0.717, 1.165) is 11.1 Å². The minimum atomic E-state index is -0.876. The minimum Gasteiger partial charge on any atom is -0.490 e. The van der Waals surface area contributed by atoms with E-state index in [4.69, 9.17) is 9.47 Å². The number of nitrogens with one attached hydrogen (secondary N) is 2. The summed E-state index contributed by atoms with van der Waals surface area (Å²) in [6.07, 6.45) is 1.42. The van der Waals surface area contributed by atoms with E-state index in [1.54, 1.807) is 24.3 Å². The van der Waals surface area contributed by atoms with Gasteiger partial charge in [0.2, 0.25) is 0 Å². The number of rotatable bonds is 8. The third-order valence-electron chi connectivity index (χ3n) is 4.45. The largest absolute Gasteiger partial charge is 0.490 e. The number of hydrazone groups is 1. The number of aryl methyl sites for hydroxylation is 1. The molecule has 0 bridgehead atoms. The van der Waals surface area contributed by atoms with E-state index in [1.165, 1.54) is 6.21 Å². The molecule has 0 atom stereocenters. The lowest BCUT2D eigenvalue weighted by molar-refractivity contribution is -0.136. The number of carbonyl (C=O) groups is 2. The van der Waals surface area contributed by atoms with E-state index >= 15 is 0 Å². The smallest absolute Gasteiger partial charge is 0.329 e. The van der Waals surface area contributed by atoms with Crippen molar-refractivity contribution >= 4 is 39.6 Å². The standard InChI is InChI=1S/C25H24BrN3O4/c1-3-32-22-14-19(13-21(26)23(22)33-16-18-7-5-4-6-8-18)15-27-29-25(31)24(30)28-20-11-9-17(2)10-12-20/h4-15H,3,16H2,1-2H3,(H,28,30)(H,29,31). The summed E-state index contributed by atoms with van der Waals surface area (Å²) in [5.74, 6) is -0.581. The highest BCUT2D eigenvalue weighted by molar-refractivity contribution is 9.10. The molecule has 0 aliphatic carbocycles. The molecule has 0 unspecified atom stereocenters. The summed E-state index contributed by atoms with van der Waals surface area (Å²) in [5.41, 5.74) is 5.49. The van der Waals surface area contributed by atoms with Gasteiger partial charge in [-0.15, -0.1) is 0 Å². The fourth-order valence-electron chi connectivity index (χ4n) is 2.84. The van der Waals surface area contributed by atoms with Gasteiger partial charge in [-0.05, 0) is 65.2 Å². The zero-order valence-corrected chi connectivity index (χ0v) is 19.9. The van der Waals surface area contributed by atoms with Crippen LogP contribution in [0.25, 0.3) is 0 Å². The first-order valence-electron chi connectivity index (χ1n) is 10.3. The van der Waals surface area contributed by atoms with Gasteiger partial charge in [0.25, 0.3) is 0 Å². The fraction of sp³-hybridized carbons (Fsp3) is 0.160. The quantitative estimate of drug-likeness (QED) is 0.258. The maximum atomic E-state index is 12.0. The molecule has 7 nitrogen and oxygen atoms in total. The first-order valence-corrected chi connectivity index (χ1v) is 11.1. The number of hydrogen-bond donors (Lipinski definition) is 2. The second-order valence-electron chi connectivity index (χ2n) is 7.06. The normalized spacial score (nSPS) is 10.6. The minimum absolute atomic E-state index is 0.388. The number of carbonyl (C=O) groups excluding carboxylic acids is 2. The molecule has 0 spiro atoms. The molecule has 0 heterocycles. The van der Waals surface area contributed by atoms with Gasteiger partial charge in [0.15, 0.2) is 11.5 Å². The van der Waals surface area contributed by atoms with Gasteiger partial charge >= 0.3 is 11.8 Å². The predicted octanol–water partition coefficient (Wildman–Crippen LogP) is 4.82. The Morgan fingerprint density at radius 2 is 1.73 bits per heavy atom. The van der Waals surface area contributed by atoms with E-state index in [-0.39, 0.29) is 0 Å². The molecular formula is C25H24BrN3O4. The van der Waals surface area contributed by atoms with Crippen LogP contribution in [0.4, 0.5) is 5.69 Å². The van der Waals surface area contributed by atoms with E-state index in [1.807, 2.05) is 56.3 Å². The van der Waals surface area contributed by atoms with Crippen molar-refractivity contribution in [3.8, 4) is 11.5 Å². The second-order valence-corrected chi connectivity index (χ2v) is 7.91. The zero-order chi connectivity index (χ0) is 23.6. The van der Waals surface area contributed by atoms with Crippen molar-refractivity contribution in [3.63, 3.8) is 0 Å². The lowest BCUT2D eigenvalue weighted by Gasteiger charge is -2.14. The molecule has 3 rings (SSSR count). The molecular weight excluding hydrogens is 486 g/mol. The molecule has 0 radical (unpaired) electrons. The molecule has 0 aliphatic heterocycles. The Labute approximate surface area is 200 Å². The van der Waals surface area contributed by atoms with Gasteiger partial charge in [0, 0.05) is 5.69 Å². The van der Waals surface area contributed by atoms with Crippen molar-refractivity contribution in [1.29, 1.82) is 0 Å². The molecule has 0 saturated carbocycles. The molecule has 8 heteroatoms. The SMILES string of the molecule is CCOc1cc(C=NNC(=O)C(=O)Nc2ccc(C)cc2)cc(Br)c1OCc1ccccc1. The van der Waals surface area contributed by atoms with Crippen LogP contribution in [-0.4, -0.2) is 24.6 Å². The van der Waals surface area contributed by atoms with Gasteiger partial charge in [-0.2, -0.15) is 5.10 Å². The topological polar surface area (TPSA) is 89.0 Å². The molecule has 2 amide bonds. The van der Waals surface area contributed by atoms with Gasteiger partial charge in [-0.3, -0.25) is 9.59 Å². The van der Waals surface area contributed by atoms with Gasteiger partial charge < -0.3 is 14.8 Å². The number of halogens is 1. The Bertz CT molecular complexity index is 1130. The van der Waals surface area contributed by atoms with E-state index in [0.29, 0.717) is 40.4 Å². The molecule has 0 aromatic heterocycles. The van der Waals surface area contributed by atoms with Crippen LogP contribution >= 0.6 is 15.9 Å². The van der Waals surface area contributed by atoms with Crippen LogP contribution in [0.3, 0.4) is 0 Å². The Morgan fingerprint density at radius 1 is 1.00 bits per heavy atom. The molecule has 0 saturated heterocycles. The van der Waals surface area contributed by atoms with Crippen LogP contribution < -0.4 is 20.2 Å². The number of ether oxygens (including phenoxy) is 2. The highest BCUT2D eigenvalue weighted by atomic mass is 79.9. The van der Waals surface area contributed by atoms with Crippen molar-refractivity contribution in [2.75, 3.05) is 11.9 Å². The van der Waals surface area contributed by atoms with E-state index in [9.17, 15) is 9.59 Å². The third kappa shape index (κ3) is 7.18. The van der Waals surface area contributed by atoms with Crippen LogP contribution in [0.5, 0.6) is 11.5 Å². The molecule has 3 aromatic carbocycles. The van der Waals surface area contributed by atoms with Gasteiger partial charge in [-0.25, -0.2) is 5.43 Å². The lowest BCUT2D eigenvalue weighted by Crippen LogP contribution is -2.32. The summed E-state index contributed by atoms with van der Waals surface area (Å²) >= 11 is 3.51. The number of nitrogens with zero attached hydrogens (tertiary/aromatic N) is 1. The predicted molar refractivity (Wildman–Crippen MR) is 132 cm³/mol. The van der Waals surface area contributed by atoms with Crippen molar-refractivity contribution < 1.29 is 19.1 Å². The Hall–Kier alpha value is -3.65. The first-order chi connectivity index (χ1) is 16.0. The Kier molecular flexibility index (Phi) is 8.60. The Morgan fingerprint density at radius 3 is 2.42 bits per heavy atom. The van der Waals surface area contributed by atoms with Crippen molar-refractivity contribution in [1.82, 2.24) is 5.43 Å². The van der Waals surface area contributed by atoms with Gasteiger partial charge in [0.1, 0.15) is 6.61 Å². The average molecular weight is 510 g/mol. The lowest BCUT2D eigenvalue weighted by atomic mass is 10.2. The molecule has 2 N–H and O–H groups in total. The third-order valence-corrected chi connectivity index (χ3v) is 5.04. The number of anilines is 1. The molecule has 3 aromatic rings. The zero-order valence-electron chi connectivity index (χ0n) is 18.3. The van der Waals surface area contributed by atoms with E-state index in [2.05, 4.69) is 31.8 Å². The summed E-state index contributed by atoms with van der Waals surface area (Å²) in [4.78, 5) is 24.0. The van der Waals surface area contributed by atoms with Crippen molar-refractivity contribution in [2.24, 2.45) is 5.10 Å². The number of hydrogen-bond acceptors (Lipinski definition) is 5. The molecule has 0 aliphatic rings. The summed E-state index contributed by atoms with van der Waals surface area (Å²) < 4.78 is 12.4. The van der Waals surface area contributed by atoms with Crippen LogP contribution in [0.15, 0.2) is 76.3 Å². The van der Waals surface area contributed by atoms with Crippen molar-refractivity contribution in [2.45, 2.75) is 20.5 Å². The van der Waals surface area contributed by atoms with Crippen LogP contribution in [0.1, 0.15) is 23.6 Å². The second kappa shape index (κ2) is 11.8. The van der Waals surface area contributed by atoms with Crippen LogP contribution in [0, 0.1) is 6.92 Å². The van der Waals surface area contributed by atoms with Gasteiger partial charge in [-0.1, -0.05) is 48.0 Å². The first kappa shape index (κ1) is 24.0. The summed E-state index contributed by atoms with van der Waals surface area (Å²) in [6, 6.07) is 20.5. The van der Waals surface area contributed by atoms with Crippen molar-refractivity contribution in [3.05, 3.63) is 87.9 Å². The highest BCUT2D eigenvalue weighted by Crippen LogP contribution is 2.37. The van der Waals surface area contributed by atoms with Crippen LogP contribution in [0.2, 0.25) is 0 Å². The highest BCUT2D eigenvalue weighted by Gasteiger charge is 2.14. The molecule has 0 fully saturated rings. The average Bonchev–Trinajstić information content (AvgIpc) is 2.81. The number of benzene rings is 3. The molecule has 170 valence electrons. The number of amides is 2. The maximum Gasteiger partial charge on any atom is 0.329 e.